The van der Waals surface area contributed by atoms with Crippen LogP contribution in [-0.2, 0) is 13.2 Å². The van der Waals surface area contributed by atoms with Crippen LogP contribution in [-0.4, -0.2) is 12.3 Å². The summed E-state index contributed by atoms with van der Waals surface area (Å²) in [5.41, 5.74) is 4.88. The van der Waals surface area contributed by atoms with Crippen molar-refractivity contribution in [3.05, 3.63) is 120 Å². The van der Waals surface area contributed by atoms with Crippen molar-refractivity contribution in [3.8, 4) is 39.7 Å². The highest BCUT2D eigenvalue weighted by molar-refractivity contribution is 5.80. The third-order valence-electron chi connectivity index (χ3n) is 5.65. The molecule has 0 aliphatic heterocycles. The molecular weight excluding hydrogens is 438 g/mol. The van der Waals surface area contributed by atoms with Crippen LogP contribution in [0.4, 0.5) is 0 Å². The molecule has 5 aromatic rings. The van der Waals surface area contributed by atoms with Crippen LogP contribution in [0.25, 0.3) is 22.5 Å². The molecule has 1 heterocycles. The average Bonchev–Trinajstić information content (AvgIpc) is 3.42. The van der Waals surface area contributed by atoms with Crippen LogP contribution in [0.2, 0.25) is 0 Å². The molecule has 1 aromatic heterocycles. The first kappa shape index (κ1) is 22.3. The maximum absolute atomic E-state index is 6.22. The Labute approximate surface area is 204 Å². The van der Waals surface area contributed by atoms with Crippen molar-refractivity contribution in [3.63, 3.8) is 0 Å². The highest BCUT2D eigenvalue weighted by atomic mass is 16.5. The molecule has 0 unspecified atom stereocenters. The van der Waals surface area contributed by atoms with E-state index in [1.807, 2.05) is 103 Å². The summed E-state index contributed by atoms with van der Waals surface area (Å²) in [5, 5.41) is 4.06. The normalized spacial score (nSPS) is 10.7. The summed E-state index contributed by atoms with van der Waals surface area (Å²) in [6.45, 7) is 0.870. The third-order valence-corrected chi connectivity index (χ3v) is 5.65. The summed E-state index contributed by atoms with van der Waals surface area (Å²) in [7, 11) is 1.65. The highest BCUT2D eigenvalue weighted by Gasteiger charge is 2.16. The lowest BCUT2D eigenvalue weighted by molar-refractivity contribution is 0.256. The van der Waals surface area contributed by atoms with Gasteiger partial charge in [0.2, 0.25) is 0 Å². The fraction of sp³-hybridized carbons (Fsp3) is 0.100. The van der Waals surface area contributed by atoms with Crippen LogP contribution in [0.15, 0.2) is 114 Å². The predicted molar refractivity (Wildman–Crippen MR) is 135 cm³/mol. The lowest BCUT2D eigenvalue weighted by Crippen LogP contribution is -2.01. The Bertz CT molecular complexity index is 1360. The molecule has 0 amide bonds. The molecule has 0 fully saturated rings. The van der Waals surface area contributed by atoms with Crippen molar-refractivity contribution in [2.75, 3.05) is 7.11 Å². The van der Waals surface area contributed by atoms with Gasteiger partial charge in [-0.05, 0) is 47.0 Å². The minimum absolute atomic E-state index is 0.424. The summed E-state index contributed by atoms with van der Waals surface area (Å²) >= 11 is 0. The zero-order chi connectivity index (χ0) is 23.9. The summed E-state index contributed by atoms with van der Waals surface area (Å²) in [6, 6.07) is 33.7. The predicted octanol–water partition coefficient (Wildman–Crippen LogP) is 7.18. The molecule has 0 N–H and O–H groups in total. The highest BCUT2D eigenvalue weighted by Crippen LogP contribution is 2.38. The SMILES string of the molecule is COc1ccc(-c2cnoc2-c2ccc(OCc3ccccc3)c(OCc3ccccc3)c2)cc1. The second kappa shape index (κ2) is 10.6. The Balaban J connectivity index is 1.45. The van der Waals surface area contributed by atoms with Crippen molar-refractivity contribution in [2.45, 2.75) is 13.2 Å². The molecule has 0 bridgehead atoms. The maximum Gasteiger partial charge on any atom is 0.174 e. The monoisotopic (exact) mass is 463 g/mol. The van der Waals surface area contributed by atoms with E-state index < -0.39 is 0 Å². The molecule has 4 aromatic carbocycles. The molecule has 0 aliphatic rings. The van der Waals surface area contributed by atoms with E-state index in [4.69, 9.17) is 18.7 Å². The molecule has 0 radical (unpaired) electrons. The Morgan fingerprint density at radius 2 is 1.26 bits per heavy atom. The third kappa shape index (κ3) is 5.36. The molecule has 0 atom stereocenters. The zero-order valence-corrected chi connectivity index (χ0v) is 19.4. The summed E-state index contributed by atoms with van der Waals surface area (Å²) in [6.07, 6.45) is 1.72. The standard InChI is InChI=1S/C30H25NO4/c1-32-26-15-12-24(13-16-26)27-19-31-35-30(27)25-14-17-28(33-20-22-8-4-2-5-9-22)29(18-25)34-21-23-10-6-3-7-11-23/h2-19H,20-21H2,1H3. The first-order valence-corrected chi connectivity index (χ1v) is 11.4. The average molecular weight is 464 g/mol. The van der Waals surface area contributed by atoms with Gasteiger partial charge in [0.15, 0.2) is 17.3 Å². The van der Waals surface area contributed by atoms with Gasteiger partial charge < -0.3 is 18.7 Å². The Morgan fingerprint density at radius 1 is 0.657 bits per heavy atom. The first-order chi connectivity index (χ1) is 17.3. The second-order valence-electron chi connectivity index (χ2n) is 8.01. The first-order valence-electron chi connectivity index (χ1n) is 11.4. The number of methoxy groups -OCH3 is 1. The van der Waals surface area contributed by atoms with Crippen LogP contribution in [0.5, 0.6) is 17.2 Å². The summed E-state index contributed by atoms with van der Waals surface area (Å²) < 4.78 is 23.3. The van der Waals surface area contributed by atoms with E-state index in [1.54, 1.807) is 13.3 Å². The van der Waals surface area contributed by atoms with E-state index in [0.29, 0.717) is 30.5 Å². The van der Waals surface area contributed by atoms with Gasteiger partial charge in [-0.15, -0.1) is 0 Å². The molecule has 5 heteroatoms. The van der Waals surface area contributed by atoms with Crippen LogP contribution >= 0.6 is 0 Å². The van der Waals surface area contributed by atoms with E-state index >= 15 is 0 Å². The van der Waals surface area contributed by atoms with Crippen LogP contribution in [0.1, 0.15) is 11.1 Å². The van der Waals surface area contributed by atoms with Crippen molar-refractivity contribution in [1.29, 1.82) is 0 Å². The number of benzene rings is 4. The maximum atomic E-state index is 6.22. The molecule has 0 aliphatic carbocycles. The van der Waals surface area contributed by atoms with Crippen molar-refractivity contribution >= 4 is 0 Å². The van der Waals surface area contributed by atoms with Gasteiger partial charge in [0.1, 0.15) is 19.0 Å². The molecule has 0 spiro atoms. The largest absolute Gasteiger partial charge is 0.497 e. The number of rotatable bonds is 9. The number of hydrogen-bond donors (Lipinski definition) is 0. The quantitative estimate of drug-likeness (QED) is 0.232. The zero-order valence-electron chi connectivity index (χ0n) is 19.4. The lowest BCUT2D eigenvalue weighted by atomic mass is 10.0. The minimum Gasteiger partial charge on any atom is -0.497 e. The van der Waals surface area contributed by atoms with Crippen LogP contribution in [0.3, 0.4) is 0 Å². The fourth-order valence-corrected chi connectivity index (χ4v) is 3.78. The van der Waals surface area contributed by atoms with E-state index in [9.17, 15) is 0 Å². The van der Waals surface area contributed by atoms with E-state index in [-0.39, 0.29) is 0 Å². The molecule has 174 valence electrons. The molecule has 5 rings (SSSR count). The van der Waals surface area contributed by atoms with Crippen LogP contribution in [0, 0.1) is 0 Å². The van der Waals surface area contributed by atoms with Gasteiger partial charge in [-0.25, -0.2) is 0 Å². The Hall–Kier alpha value is -4.51. The minimum atomic E-state index is 0.424. The Morgan fingerprint density at radius 3 is 1.89 bits per heavy atom. The summed E-state index contributed by atoms with van der Waals surface area (Å²) in [5.74, 6) is 2.76. The van der Waals surface area contributed by atoms with E-state index in [0.717, 1.165) is 33.6 Å². The Kier molecular flexibility index (Phi) is 6.76. The molecule has 0 saturated carbocycles. The molecule has 35 heavy (non-hydrogen) atoms. The number of ether oxygens (including phenoxy) is 3. The fourth-order valence-electron chi connectivity index (χ4n) is 3.78. The number of aromatic nitrogens is 1. The van der Waals surface area contributed by atoms with Gasteiger partial charge in [-0.1, -0.05) is 78.0 Å². The smallest absolute Gasteiger partial charge is 0.174 e. The van der Waals surface area contributed by atoms with Gasteiger partial charge in [0.05, 0.1) is 13.3 Å². The molecular formula is C30H25NO4. The van der Waals surface area contributed by atoms with Crippen molar-refractivity contribution in [1.82, 2.24) is 5.16 Å². The van der Waals surface area contributed by atoms with Crippen molar-refractivity contribution in [2.24, 2.45) is 0 Å². The van der Waals surface area contributed by atoms with Gasteiger partial charge in [0, 0.05) is 11.1 Å². The van der Waals surface area contributed by atoms with Gasteiger partial charge in [0.25, 0.3) is 0 Å². The van der Waals surface area contributed by atoms with Crippen LogP contribution < -0.4 is 14.2 Å². The van der Waals surface area contributed by atoms with E-state index in [1.165, 1.54) is 0 Å². The number of hydrogen-bond acceptors (Lipinski definition) is 5. The molecule has 5 nitrogen and oxygen atoms in total. The summed E-state index contributed by atoms with van der Waals surface area (Å²) in [4.78, 5) is 0. The van der Waals surface area contributed by atoms with Gasteiger partial charge in [-0.2, -0.15) is 0 Å². The number of nitrogens with zero attached hydrogens (tertiary/aromatic N) is 1. The van der Waals surface area contributed by atoms with E-state index in [2.05, 4.69) is 5.16 Å². The van der Waals surface area contributed by atoms with Gasteiger partial charge in [-0.3, -0.25) is 0 Å². The van der Waals surface area contributed by atoms with Crippen molar-refractivity contribution < 1.29 is 18.7 Å². The van der Waals surface area contributed by atoms with Gasteiger partial charge >= 0.3 is 0 Å². The second-order valence-corrected chi connectivity index (χ2v) is 8.01. The topological polar surface area (TPSA) is 53.7 Å². The lowest BCUT2D eigenvalue weighted by Gasteiger charge is -2.14. The molecule has 0 saturated heterocycles.